The Balaban J connectivity index is 0.00000237. The molecule has 4 rings (SSSR count). The van der Waals surface area contributed by atoms with E-state index >= 15 is 0 Å². The molecule has 1 saturated heterocycles. The van der Waals surface area contributed by atoms with E-state index in [1.807, 2.05) is 60.7 Å². The number of nitrogens with one attached hydrogen (secondary N) is 1. The van der Waals surface area contributed by atoms with Crippen molar-refractivity contribution in [2.45, 2.75) is 44.2 Å². The van der Waals surface area contributed by atoms with Crippen LogP contribution in [0.2, 0.25) is 0 Å². The summed E-state index contributed by atoms with van der Waals surface area (Å²) < 4.78 is 5.32. The first-order valence-electron chi connectivity index (χ1n) is 13.7. The molecule has 1 aromatic carbocycles. The van der Waals surface area contributed by atoms with Crippen molar-refractivity contribution in [2.75, 3.05) is 31.8 Å². The lowest BCUT2D eigenvalue weighted by atomic mass is 10.0. The van der Waals surface area contributed by atoms with Crippen LogP contribution in [0.3, 0.4) is 0 Å². The summed E-state index contributed by atoms with van der Waals surface area (Å²) in [5, 5.41) is 31.0. The molecule has 3 aromatic rings. The van der Waals surface area contributed by atoms with Crippen LogP contribution in [0.1, 0.15) is 23.4 Å². The number of nitrogens with zero attached hydrogens (tertiary/aromatic N) is 4. The fourth-order valence-corrected chi connectivity index (χ4v) is 4.44. The monoisotopic (exact) mass is 579 g/mol. The Morgan fingerprint density at radius 1 is 1.02 bits per heavy atom. The topological polar surface area (TPSA) is 183 Å². The molecule has 0 saturated carbocycles. The van der Waals surface area contributed by atoms with E-state index in [2.05, 4.69) is 20.2 Å². The van der Waals surface area contributed by atoms with Gasteiger partial charge < -0.3 is 31.1 Å². The number of ether oxygens (including phenoxy) is 1. The number of aliphatic hydroxyl groups is 3. The van der Waals surface area contributed by atoms with Crippen molar-refractivity contribution in [1.82, 2.24) is 20.2 Å². The SMILES string of the molecule is CO.N/C(=C\N(N)c1ccc(CCNC(=O)C2OCCC(O)C2O)cc1)CN(Cc1ccccn1)Cc1ccccn1. The van der Waals surface area contributed by atoms with E-state index in [0.29, 0.717) is 44.7 Å². The number of aliphatic hydroxyl groups excluding tert-OH is 3. The number of benzene rings is 1. The summed E-state index contributed by atoms with van der Waals surface area (Å²) in [5.74, 6) is 5.86. The van der Waals surface area contributed by atoms with Gasteiger partial charge in [0.25, 0.3) is 5.91 Å². The van der Waals surface area contributed by atoms with Gasteiger partial charge in [-0.25, -0.2) is 5.84 Å². The number of carbonyl (C=O) groups is 1. The highest BCUT2D eigenvalue weighted by molar-refractivity contribution is 5.81. The van der Waals surface area contributed by atoms with E-state index in [0.717, 1.165) is 29.7 Å². The zero-order valence-electron chi connectivity index (χ0n) is 23.8. The van der Waals surface area contributed by atoms with Crippen LogP contribution in [0.25, 0.3) is 0 Å². The van der Waals surface area contributed by atoms with Crippen molar-refractivity contribution in [3.8, 4) is 0 Å². The molecule has 42 heavy (non-hydrogen) atoms. The van der Waals surface area contributed by atoms with Crippen molar-refractivity contribution in [2.24, 2.45) is 11.6 Å². The highest BCUT2D eigenvalue weighted by Gasteiger charge is 2.36. The first-order valence-corrected chi connectivity index (χ1v) is 13.7. The standard InChI is InChI=1S/C29H37N7O4.CH4O/c30-22(17-35(19-23-5-1-3-13-32-23)20-24-6-2-4-14-33-24)18-36(31)25-9-7-21(8-10-25)11-15-34-29(39)28-27(38)26(37)12-16-40-28;1-2/h1-10,13-14,18,26-28,37-38H,11-12,15-17,19-20,30-31H2,(H,34,39);2H,1H3/b22-18-;. The second kappa shape index (κ2) is 17.1. The van der Waals surface area contributed by atoms with Crippen molar-refractivity contribution in [3.63, 3.8) is 0 Å². The minimum absolute atomic E-state index is 0.235. The van der Waals surface area contributed by atoms with Crippen LogP contribution >= 0.6 is 0 Å². The van der Waals surface area contributed by atoms with Gasteiger partial charge in [0.15, 0.2) is 6.10 Å². The van der Waals surface area contributed by atoms with Gasteiger partial charge in [0.05, 0.1) is 29.8 Å². The molecule has 8 N–H and O–H groups in total. The Kier molecular flexibility index (Phi) is 13.3. The van der Waals surface area contributed by atoms with Gasteiger partial charge in [-0.15, -0.1) is 0 Å². The fraction of sp³-hybridized carbons (Fsp3) is 0.367. The highest BCUT2D eigenvalue weighted by Crippen LogP contribution is 2.16. The summed E-state index contributed by atoms with van der Waals surface area (Å²) in [5.41, 5.74) is 10.6. The number of anilines is 1. The lowest BCUT2D eigenvalue weighted by molar-refractivity contribution is -0.162. The fourth-order valence-electron chi connectivity index (χ4n) is 4.44. The summed E-state index contributed by atoms with van der Waals surface area (Å²) in [6, 6.07) is 19.3. The Morgan fingerprint density at radius 3 is 2.21 bits per heavy atom. The van der Waals surface area contributed by atoms with Gasteiger partial charge in [0.1, 0.15) is 6.10 Å². The smallest absolute Gasteiger partial charge is 0.251 e. The highest BCUT2D eigenvalue weighted by atomic mass is 16.5. The Morgan fingerprint density at radius 2 is 1.64 bits per heavy atom. The van der Waals surface area contributed by atoms with Crippen LogP contribution in [0.5, 0.6) is 0 Å². The molecule has 0 spiro atoms. The van der Waals surface area contributed by atoms with Gasteiger partial charge in [-0.2, -0.15) is 0 Å². The maximum Gasteiger partial charge on any atom is 0.251 e. The number of carbonyl (C=O) groups excluding carboxylic acids is 1. The number of pyridine rings is 2. The minimum atomic E-state index is -1.22. The zero-order valence-corrected chi connectivity index (χ0v) is 23.8. The molecule has 3 atom stereocenters. The first-order chi connectivity index (χ1) is 20.4. The molecular weight excluding hydrogens is 538 g/mol. The van der Waals surface area contributed by atoms with Gasteiger partial charge in [0.2, 0.25) is 0 Å². The molecule has 12 nitrogen and oxygen atoms in total. The molecule has 1 aliphatic rings. The van der Waals surface area contributed by atoms with Gasteiger partial charge in [-0.1, -0.05) is 24.3 Å². The minimum Gasteiger partial charge on any atom is -0.400 e. The van der Waals surface area contributed by atoms with E-state index in [1.165, 1.54) is 5.01 Å². The normalized spacial score (nSPS) is 18.6. The molecule has 1 aliphatic heterocycles. The quantitative estimate of drug-likeness (QED) is 0.129. The Bertz CT molecular complexity index is 1190. The third kappa shape index (κ3) is 10.2. The molecule has 1 fully saturated rings. The van der Waals surface area contributed by atoms with Crippen molar-refractivity contribution >= 4 is 11.6 Å². The average Bonchev–Trinajstić information content (AvgIpc) is 3.00. The third-order valence-corrected chi connectivity index (χ3v) is 6.56. The Labute approximate surface area is 246 Å². The maximum absolute atomic E-state index is 12.3. The lowest BCUT2D eigenvalue weighted by Crippen LogP contribution is -2.52. The summed E-state index contributed by atoms with van der Waals surface area (Å²) in [6.07, 6.45) is 2.90. The largest absolute Gasteiger partial charge is 0.400 e. The molecule has 3 unspecified atom stereocenters. The number of hydrazine groups is 1. The van der Waals surface area contributed by atoms with Crippen LogP contribution in [-0.2, 0) is 29.0 Å². The van der Waals surface area contributed by atoms with Crippen LogP contribution in [0, 0.1) is 0 Å². The summed E-state index contributed by atoms with van der Waals surface area (Å²) in [4.78, 5) is 23.3. The van der Waals surface area contributed by atoms with Crippen molar-refractivity contribution < 1.29 is 24.9 Å². The summed E-state index contributed by atoms with van der Waals surface area (Å²) in [6.45, 7) is 2.28. The third-order valence-electron chi connectivity index (χ3n) is 6.56. The molecule has 1 amide bonds. The number of nitrogens with two attached hydrogens (primary N) is 2. The van der Waals surface area contributed by atoms with E-state index in [-0.39, 0.29) is 6.61 Å². The predicted octanol–water partition coefficient (Wildman–Crippen LogP) is 0.437. The molecule has 3 heterocycles. The van der Waals surface area contributed by atoms with Gasteiger partial charge in [-0.3, -0.25) is 24.7 Å². The molecule has 0 radical (unpaired) electrons. The van der Waals surface area contributed by atoms with Gasteiger partial charge >= 0.3 is 0 Å². The Hall–Kier alpha value is -3.91. The van der Waals surface area contributed by atoms with Gasteiger partial charge in [-0.05, 0) is 54.8 Å². The lowest BCUT2D eigenvalue weighted by Gasteiger charge is -2.30. The van der Waals surface area contributed by atoms with E-state index in [1.54, 1.807) is 18.6 Å². The molecule has 2 aromatic heterocycles. The number of amides is 1. The average molecular weight is 580 g/mol. The molecule has 0 aliphatic carbocycles. The molecular formula is C30H41N7O5. The van der Waals surface area contributed by atoms with Crippen LogP contribution < -0.4 is 21.9 Å². The van der Waals surface area contributed by atoms with E-state index in [4.69, 9.17) is 21.4 Å². The molecule has 0 bridgehead atoms. The van der Waals surface area contributed by atoms with E-state index < -0.39 is 24.2 Å². The van der Waals surface area contributed by atoms with E-state index in [9.17, 15) is 15.0 Å². The summed E-state index contributed by atoms with van der Waals surface area (Å²) >= 11 is 0. The van der Waals surface area contributed by atoms with Crippen molar-refractivity contribution in [3.05, 3.63) is 102 Å². The zero-order chi connectivity index (χ0) is 30.3. The first kappa shape index (κ1) is 32.6. The van der Waals surface area contributed by atoms with Crippen LogP contribution in [0.15, 0.2) is 85.0 Å². The molecule has 226 valence electrons. The second-order valence-corrected chi connectivity index (χ2v) is 9.74. The number of hydrogen-bond donors (Lipinski definition) is 6. The second-order valence-electron chi connectivity index (χ2n) is 9.74. The predicted molar refractivity (Wildman–Crippen MR) is 159 cm³/mol. The van der Waals surface area contributed by atoms with Crippen LogP contribution in [-0.4, -0.2) is 81.2 Å². The number of hydrogen-bond acceptors (Lipinski definition) is 11. The number of rotatable bonds is 12. The number of aromatic nitrogens is 2. The van der Waals surface area contributed by atoms with Crippen LogP contribution in [0.4, 0.5) is 5.69 Å². The van der Waals surface area contributed by atoms with Crippen molar-refractivity contribution in [1.29, 1.82) is 0 Å². The van der Waals surface area contributed by atoms with Gasteiger partial charge in [0, 0.05) is 57.6 Å². The molecule has 12 heteroatoms. The maximum atomic E-state index is 12.3. The summed E-state index contributed by atoms with van der Waals surface area (Å²) in [7, 11) is 1.00.